The molecule has 1 aromatic heterocycles. The topological polar surface area (TPSA) is 101 Å². The third-order valence-corrected chi connectivity index (χ3v) is 6.38. The molecule has 1 fully saturated rings. The van der Waals surface area contributed by atoms with Crippen LogP contribution in [0.5, 0.6) is 0 Å². The lowest BCUT2D eigenvalue weighted by Gasteiger charge is -2.33. The molecule has 1 N–H and O–H groups in total. The minimum absolute atomic E-state index is 0.00357. The molecule has 1 unspecified atom stereocenters. The zero-order chi connectivity index (χ0) is 15.1. The summed E-state index contributed by atoms with van der Waals surface area (Å²) in [6.45, 7) is 3.52. The number of hydrogen-bond donors (Lipinski definition) is 1. The van der Waals surface area contributed by atoms with E-state index in [1.54, 1.807) is 18.7 Å². The highest BCUT2D eigenvalue weighted by molar-refractivity contribution is 7.91. The summed E-state index contributed by atoms with van der Waals surface area (Å²) in [5.74, 6) is -0.0114. The van der Waals surface area contributed by atoms with Crippen LogP contribution in [-0.2, 0) is 9.84 Å². The van der Waals surface area contributed by atoms with E-state index in [0.29, 0.717) is 9.88 Å². The van der Waals surface area contributed by atoms with Gasteiger partial charge in [0.2, 0.25) is 0 Å². The lowest BCUT2D eigenvalue weighted by molar-refractivity contribution is -0.383. The normalized spacial score (nSPS) is 23.6. The van der Waals surface area contributed by atoms with Crippen LogP contribution in [0.3, 0.4) is 0 Å². The highest BCUT2D eigenvalue weighted by atomic mass is 32.2. The van der Waals surface area contributed by atoms with Gasteiger partial charge in [0.15, 0.2) is 14.8 Å². The molecule has 2 rings (SSSR count). The van der Waals surface area contributed by atoms with Gasteiger partial charge in [-0.15, -0.1) is 11.3 Å². The van der Waals surface area contributed by atoms with Crippen LogP contribution in [0.25, 0.3) is 0 Å². The van der Waals surface area contributed by atoms with E-state index in [0.717, 1.165) is 11.3 Å². The van der Waals surface area contributed by atoms with Gasteiger partial charge in [0.1, 0.15) is 0 Å². The van der Waals surface area contributed by atoms with Crippen molar-refractivity contribution in [2.24, 2.45) is 0 Å². The summed E-state index contributed by atoms with van der Waals surface area (Å²) in [7, 11) is -3.07. The molecule has 0 saturated carbocycles. The smallest absolute Gasteiger partial charge is 0.304 e. The van der Waals surface area contributed by atoms with Crippen molar-refractivity contribution in [2.75, 3.05) is 23.0 Å². The van der Waals surface area contributed by atoms with Crippen molar-refractivity contribution < 1.29 is 18.4 Å². The maximum Gasteiger partial charge on any atom is 0.304 e. The fraction of sp³-hybridized carbons (Fsp3) is 0.636. The van der Waals surface area contributed by atoms with Crippen LogP contribution in [-0.4, -0.2) is 42.5 Å². The van der Waals surface area contributed by atoms with E-state index in [9.17, 15) is 23.6 Å². The fourth-order valence-corrected chi connectivity index (χ4v) is 4.98. The Balaban J connectivity index is 2.39. The minimum Gasteiger partial charge on any atom is -0.388 e. The Morgan fingerprint density at radius 2 is 2.25 bits per heavy atom. The van der Waals surface area contributed by atoms with Crippen LogP contribution in [0.15, 0.2) is 6.07 Å². The van der Waals surface area contributed by atoms with Crippen molar-refractivity contribution in [3.63, 3.8) is 0 Å². The standard InChI is InChI=1S/C11H16N2O5S2/c1-7-6-20(17,18)4-3-12(7)11-9(13(15)16)5-10(19-11)8(2)14/h5,7-8,14H,3-4,6H2,1-2H3/t7?,8-/m0/s1. The molecule has 0 spiro atoms. The maximum absolute atomic E-state index is 11.6. The number of aliphatic hydroxyl groups is 1. The third kappa shape index (κ3) is 2.94. The molecular weight excluding hydrogens is 304 g/mol. The fourth-order valence-electron chi connectivity index (χ4n) is 2.23. The van der Waals surface area contributed by atoms with Crippen molar-refractivity contribution >= 4 is 31.9 Å². The monoisotopic (exact) mass is 320 g/mol. The molecule has 1 saturated heterocycles. The number of thiophene rings is 1. The SMILES string of the molecule is CC1CS(=O)(=O)CCN1c1sc([C@H](C)O)cc1[N+](=O)[O-]. The number of aliphatic hydroxyl groups excluding tert-OH is 1. The number of sulfone groups is 1. The zero-order valence-electron chi connectivity index (χ0n) is 11.1. The highest BCUT2D eigenvalue weighted by Crippen LogP contribution is 2.41. The zero-order valence-corrected chi connectivity index (χ0v) is 12.8. The molecule has 1 aliphatic heterocycles. The van der Waals surface area contributed by atoms with Gasteiger partial charge in [-0.3, -0.25) is 10.1 Å². The van der Waals surface area contributed by atoms with E-state index in [1.165, 1.54) is 6.07 Å². The van der Waals surface area contributed by atoms with Gasteiger partial charge < -0.3 is 10.0 Å². The van der Waals surface area contributed by atoms with Crippen LogP contribution >= 0.6 is 11.3 Å². The molecule has 9 heteroatoms. The van der Waals surface area contributed by atoms with Gasteiger partial charge >= 0.3 is 5.69 Å². The van der Waals surface area contributed by atoms with Gasteiger partial charge in [-0.2, -0.15) is 0 Å². The summed E-state index contributed by atoms with van der Waals surface area (Å²) < 4.78 is 23.1. The number of nitrogens with zero attached hydrogens (tertiary/aromatic N) is 2. The molecule has 1 aromatic rings. The summed E-state index contributed by atoms with van der Waals surface area (Å²) in [4.78, 5) is 12.9. The van der Waals surface area contributed by atoms with Gasteiger partial charge in [0.25, 0.3) is 0 Å². The van der Waals surface area contributed by atoms with Crippen LogP contribution in [0.1, 0.15) is 24.8 Å². The molecule has 0 radical (unpaired) electrons. The van der Waals surface area contributed by atoms with Gasteiger partial charge in [-0.25, -0.2) is 8.42 Å². The quantitative estimate of drug-likeness (QED) is 0.666. The predicted octanol–water partition coefficient (Wildman–Crippen LogP) is 1.33. The van der Waals surface area contributed by atoms with Crippen LogP contribution in [0.4, 0.5) is 10.7 Å². The van der Waals surface area contributed by atoms with Crippen LogP contribution < -0.4 is 4.90 Å². The number of hydrogen-bond acceptors (Lipinski definition) is 7. The predicted molar refractivity (Wildman–Crippen MR) is 77.1 cm³/mol. The van der Waals surface area contributed by atoms with Gasteiger partial charge in [-0.05, 0) is 13.8 Å². The van der Waals surface area contributed by atoms with Crippen molar-refractivity contribution in [2.45, 2.75) is 26.0 Å². The Labute approximate surface area is 120 Å². The average molecular weight is 320 g/mol. The molecule has 7 nitrogen and oxygen atoms in total. The first kappa shape index (κ1) is 15.2. The molecule has 0 aromatic carbocycles. The van der Waals surface area contributed by atoms with E-state index in [4.69, 9.17) is 0 Å². The van der Waals surface area contributed by atoms with Crippen molar-refractivity contribution in [3.8, 4) is 0 Å². The van der Waals surface area contributed by atoms with Gasteiger partial charge in [0, 0.05) is 23.5 Å². The van der Waals surface area contributed by atoms with E-state index < -0.39 is 20.9 Å². The summed E-state index contributed by atoms with van der Waals surface area (Å²) in [6.07, 6.45) is -0.781. The van der Waals surface area contributed by atoms with E-state index in [2.05, 4.69) is 0 Å². The minimum atomic E-state index is -3.07. The lowest BCUT2D eigenvalue weighted by atomic mass is 10.3. The van der Waals surface area contributed by atoms with Crippen molar-refractivity contribution in [1.82, 2.24) is 0 Å². The van der Waals surface area contributed by atoms with E-state index in [-0.39, 0.29) is 29.8 Å². The molecule has 0 amide bonds. The molecule has 112 valence electrons. The Morgan fingerprint density at radius 1 is 1.60 bits per heavy atom. The molecular formula is C11H16N2O5S2. The molecule has 0 bridgehead atoms. The Bertz CT molecular complexity index is 623. The maximum atomic E-state index is 11.6. The summed E-state index contributed by atoms with van der Waals surface area (Å²) in [5.41, 5.74) is -0.0722. The molecule has 0 aliphatic carbocycles. The number of nitro groups is 1. The third-order valence-electron chi connectivity index (χ3n) is 3.25. The Hall–Kier alpha value is -1.19. The van der Waals surface area contributed by atoms with Crippen LogP contribution in [0, 0.1) is 10.1 Å². The molecule has 2 atom stereocenters. The lowest BCUT2D eigenvalue weighted by Crippen LogP contribution is -2.46. The summed E-state index contributed by atoms with van der Waals surface area (Å²) in [5, 5.41) is 21.1. The largest absolute Gasteiger partial charge is 0.388 e. The molecule has 20 heavy (non-hydrogen) atoms. The van der Waals surface area contributed by atoms with Crippen LogP contribution in [0.2, 0.25) is 0 Å². The number of anilines is 1. The second-order valence-corrected chi connectivity index (χ2v) is 8.22. The van der Waals surface area contributed by atoms with Gasteiger partial charge in [0.05, 0.1) is 22.5 Å². The summed E-state index contributed by atoms with van der Waals surface area (Å²) in [6, 6.07) is 1.05. The first-order valence-electron chi connectivity index (χ1n) is 6.14. The first-order valence-corrected chi connectivity index (χ1v) is 8.78. The Kier molecular flexibility index (Phi) is 4.03. The highest BCUT2D eigenvalue weighted by Gasteiger charge is 2.34. The number of rotatable bonds is 3. The second-order valence-electron chi connectivity index (χ2n) is 4.93. The Morgan fingerprint density at radius 3 is 2.75 bits per heavy atom. The summed E-state index contributed by atoms with van der Waals surface area (Å²) >= 11 is 1.15. The second kappa shape index (κ2) is 5.30. The van der Waals surface area contributed by atoms with E-state index in [1.807, 2.05) is 0 Å². The average Bonchev–Trinajstić information content (AvgIpc) is 2.72. The molecule has 2 heterocycles. The van der Waals surface area contributed by atoms with Crippen molar-refractivity contribution in [1.29, 1.82) is 0 Å². The van der Waals surface area contributed by atoms with Gasteiger partial charge in [-0.1, -0.05) is 0 Å². The van der Waals surface area contributed by atoms with E-state index >= 15 is 0 Å². The van der Waals surface area contributed by atoms with Crippen molar-refractivity contribution in [3.05, 3.63) is 21.1 Å². The first-order chi connectivity index (χ1) is 9.21. The molecule has 1 aliphatic rings.